The highest BCUT2D eigenvalue weighted by Gasteiger charge is 2.39. The van der Waals surface area contributed by atoms with Gasteiger partial charge in [-0.05, 0) is 6.42 Å². The van der Waals surface area contributed by atoms with Gasteiger partial charge in [0.15, 0.2) is 5.66 Å². The number of carboxylic acid groups (broad SMARTS) is 1. The molecule has 0 saturated carbocycles. The van der Waals surface area contributed by atoms with Crippen LogP contribution in [0.1, 0.15) is 32.1 Å². The molecule has 0 radical (unpaired) electrons. The van der Waals surface area contributed by atoms with Gasteiger partial charge in [-0.1, -0.05) is 6.08 Å². The minimum absolute atomic E-state index is 0.0470. The van der Waals surface area contributed by atoms with Gasteiger partial charge in [-0.2, -0.15) is 10.2 Å². The predicted molar refractivity (Wildman–Crippen MR) is 71.8 cm³/mol. The Kier molecular flexibility index (Phi) is 4.18. The summed E-state index contributed by atoms with van der Waals surface area (Å²) < 4.78 is 0. The van der Waals surface area contributed by atoms with Crippen LogP contribution in [0, 0.1) is 12.3 Å². The van der Waals surface area contributed by atoms with Crippen LogP contribution >= 0.6 is 0 Å². The van der Waals surface area contributed by atoms with E-state index in [9.17, 15) is 9.59 Å². The maximum atomic E-state index is 12.1. The van der Waals surface area contributed by atoms with E-state index in [2.05, 4.69) is 16.1 Å². The van der Waals surface area contributed by atoms with Crippen LogP contribution < -0.4 is 0 Å². The molecule has 0 saturated heterocycles. The molecule has 0 fully saturated rings. The number of nitrogens with zero attached hydrogens (tertiary/aromatic N) is 3. The molecule has 2 aliphatic rings. The second-order valence-electron chi connectivity index (χ2n) is 5.03. The molecular formula is C14H17N3O3. The van der Waals surface area contributed by atoms with Crippen LogP contribution in [0.4, 0.5) is 0 Å². The summed E-state index contributed by atoms with van der Waals surface area (Å²) in [5.41, 5.74) is -0.170. The highest BCUT2D eigenvalue weighted by atomic mass is 16.4. The van der Waals surface area contributed by atoms with Crippen LogP contribution in [0.25, 0.3) is 0 Å². The normalized spacial score (nSPS) is 19.1. The molecule has 6 heteroatoms. The molecule has 0 bridgehead atoms. The third-order valence-corrected chi connectivity index (χ3v) is 3.57. The molecule has 106 valence electrons. The Labute approximate surface area is 117 Å². The molecular weight excluding hydrogens is 258 g/mol. The number of aliphatic carboxylic acids is 1. The Hall–Kier alpha value is -2.16. The fourth-order valence-electron chi connectivity index (χ4n) is 2.24. The Morgan fingerprint density at radius 3 is 2.80 bits per heavy atom. The monoisotopic (exact) mass is 275 g/mol. The van der Waals surface area contributed by atoms with Crippen LogP contribution in [0.2, 0.25) is 0 Å². The van der Waals surface area contributed by atoms with Gasteiger partial charge in [0.1, 0.15) is 0 Å². The van der Waals surface area contributed by atoms with E-state index in [0.29, 0.717) is 38.6 Å². The van der Waals surface area contributed by atoms with Gasteiger partial charge in [0.25, 0.3) is 0 Å². The molecule has 2 aliphatic heterocycles. The molecule has 0 aromatic carbocycles. The molecule has 0 atom stereocenters. The lowest BCUT2D eigenvalue weighted by atomic mass is 10.0. The number of carbonyl (C=O) groups excluding carboxylic acids is 1. The van der Waals surface area contributed by atoms with E-state index >= 15 is 0 Å². The summed E-state index contributed by atoms with van der Waals surface area (Å²) in [6.45, 7) is 0.751. The van der Waals surface area contributed by atoms with Crippen molar-refractivity contribution < 1.29 is 14.7 Å². The van der Waals surface area contributed by atoms with E-state index in [1.807, 2.05) is 0 Å². The van der Waals surface area contributed by atoms with Gasteiger partial charge in [-0.15, -0.1) is 12.3 Å². The first-order valence-electron chi connectivity index (χ1n) is 6.64. The van der Waals surface area contributed by atoms with Crippen molar-refractivity contribution in [2.24, 2.45) is 10.2 Å². The van der Waals surface area contributed by atoms with E-state index in [0.717, 1.165) is 0 Å². The maximum Gasteiger partial charge on any atom is 0.333 e. The smallest absolute Gasteiger partial charge is 0.333 e. The zero-order valence-corrected chi connectivity index (χ0v) is 11.2. The van der Waals surface area contributed by atoms with Crippen LogP contribution in [0.15, 0.2) is 21.9 Å². The number of amides is 1. The number of rotatable bonds is 6. The fourth-order valence-corrected chi connectivity index (χ4v) is 2.24. The maximum absolute atomic E-state index is 12.1. The zero-order valence-electron chi connectivity index (χ0n) is 11.2. The molecule has 2 heterocycles. The van der Waals surface area contributed by atoms with Gasteiger partial charge in [0.05, 0.1) is 12.1 Å². The van der Waals surface area contributed by atoms with Gasteiger partial charge in [-0.3, -0.25) is 4.79 Å². The Bertz CT molecular complexity index is 510. The standard InChI is InChI=1S/C14H17N3O3/c1-2-3-7-14(15-16-14)8-6-12(18)17-9-4-5-11(10-17)13(19)20/h1,5H,3-4,6-10H2,(H,19,20). The summed E-state index contributed by atoms with van der Waals surface area (Å²) in [7, 11) is 0. The molecule has 0 aromatic heterocycles. The van der Waals surface area contributed by atoms with E-state index < -0.39 is 11.6 Å². The van der Waals surface area contributed by atoms with E-state index in [1.165, 1.54) is 0 Å². The van der Waals surface area contributed by atoms with Crippen molar-refractivity contribution in [2.45, 2.75) is 37.8 Å². The quantitative estimate of drug-likeness (QED) is 0.747. The van der Waals surface area contributed by atoms with Gasteiger partial charge in [0.2, 0.25) is 5.91 Å². The Morgan fingerprint density at radius 1 is 1.45 bits per heavy atom. The number of terminal acetylenes is 1. The SMILES string of the molecule is C#CCCC1(CCC(=O)N2CCC=C(C(=O)O)C2)N=N1. The van der Waals surface area contributed by atoms with Crippen molar-refractivity contribution in [3.63, 3.8) is 0 Å². The lowest BCUT2D eigenvalue weighted by Crippen LogP contribution is -2.37. The van der Waals surface area contributed by atoms with Crippen molar-refractivity contribution in [2.75, 3.05) is 13.1 Å². The first kappa shape index (κ1) is 14.3. The summed E-state index contributed by atoms with van der Waals surface area (Å²) in [5.74, 6) is 1.54. The topological polar surface area (TPSA) is 82.3 Å². The summed E-state index contributed by atoms with van der Waals surface area (Å²) >= 11 is 0. The number of hydrogen-bond acceptors (Lipinski definition) is 4. The van der Waals surface area contributed by atoms with Crippen LogP contribution in [-0.2, 0) is 9.59 Å². The third kappa shape index (κ3) is 3.44. The predicted octanol–water partition coefficient (Wildman–Crippen LogP) is 1.59. The molecule has 20 heavy (non-hydrogen) atoms. The Balaban J connectivity index is 1.80. The van der Waals surface area contributed by atoms with Crippen molar-refractivity contribution in [3.8, 4) is 12.3 Å². The molecule has 0 spiro atoms. The van der Waals surface area contributed by atoms with Crippen LogP contribution in [0.3, 0.4) is 0 Å². The van der Waals surface area contributed by atoms with E-state index in [4.69, 9.17) is 11.5 Å². The summed E-state index contributed by atoms with van der Waals surface area (Å²) in [4.78, 5) is 24.6. The average molecular weight is 275 g/mol. The lowest BCUT2D eigenvalue weighted by Gasteiger charge is -2.26. The number of hydrogen-bond donors (Lipinski definition) is 1. The van der Waals surface area contributed by atoms with Crippen LogP contribution in [-0.4, -0.2) is 40.6 Å². The largest absolute Gasteiger partial charge is 0.478 e. The molecule has 2 rings (SSSR count). The van der Waals surface area contributed by atoms with Crippen LogP contribution in [0.5, 0.6) is 0 Å². The van der Waals surface area contributed by atoms with Crippen molar-refractivity contribution in [1.29, 1.82) is 0 Å². The minimum atomic E-state index is -0.958. The molecule has 0 aromatic rings. The molecule has 1 N–H and O–H groups in total. The zero-order chi connectivity index (χ0) is 14.6. The molecule has 0 unspecified atom stereocenters. The van der Waals surface area contributed by atoms with Crippen molar-refractivity contribution in [3.05, 3.63) is 11.6 Å². The minimum Gasteiger partial charge on any atom is -0.478 e. The second-order valence-corrected chi connectivity index (χ2v) is 5.03. The first-order chi connectivity index (χ1) is 9.56. The van der Waals surface area contributed by atoms with E-state index in [-0.39, 0.29) is 18.0 Å². The van der Waals surface area contributed by atoms with Crippen molar-refractivity contribution >= 4 is 11.9 Å². The summed E-state index contributed by atoms with van der Waals surface area (Å²) in [6, 6.07) is 0. The highest BCUT2D eigenvalue weighted by molar-refractivity contribution is 5.88. The average Bonchev–Trinajstić information content (AvgIpc) is 3.23. The number of carboxylic acids is 1. The number of carbonyl (C=O) groups is 2. The Morgan fingerprint density at radius 2 is 2.20 bits per heavy atom. The lowest BCUT2D eigenvalue weighted by molar-refractivity contribution is -0.134. The van der Waals surface area contributed by atoms with Gasteiger partial charge < -0.3 is 10.0 Å². The summed E-state index contributed by atoms with van der Waals surface area (Å²) in [5, 5.41) is 16.9. The second kappa shape index (κ2) is 5.87. The molecule has 0 aliphatic carbocycles. The molecule has 1 amide bonds. The summed E-state index contributed by atoms with van der Waals surface area (Å²) in [6.07, 6.45) is 9.62. The highest BCUT2D eigenvalue weighted by Crippen LogP contribution is 2.37. The molecule has 6 nitrogen and oxygen atoms in total. The fraction of sp³-hybridized carbons (Fsp3) is 0.571. The van der Waals surface area contributed by atoms with Gasteiger partial charge in [0, 0.05) is 32.2 Å². The first-order valence-corrected chi connectivity index (χ1v) is 6.64. The van der Waals surface area contributed by atoms with Crippen molar-refractivity contribution in [1.82, 2.24) is 4.90 Å². The third-order valence-electron chi connectivity index (χ3n) is 3.57. The van der Waals surface area contributed by atoms with Gasteiger partial charge >= 0.3 is 5.97 Å². The van der Waals surface area contributed by atoms with Gasteiger partial charge in [-0.25, -0.2) is 4.79 Å². The van der Waals surface area contributed by atoms with E-state index in [1.54, 1.807) is 11.0 Å².